The van der Waals surface area contributed by atoms with Gasteiger partial charge in [0.2, 0.25) is 0 Å². The summed E-state index contributed by atoms with van der Waals surface area (Å²) in [5.74, 6) is 1.39. The van der Waals surface area contributed by atoms with Gasteiger partial charge in [0.05, 0.1) is 30.6 Å². The highest BCUT2D eigenvalue weighted by Gasteiger charge is 2.19. The van der Waals surface area contributed by atoms with Gasteiger partial charge in [-0.15, -0.1) is 11.3 Å². The number of pyridine rings is 1. The highest BCUT2D eigenvalue weighted by molar-refractivity contribution is 7.11. The molecule has 154 valence electrons. The molecule has 0 unspecified atom stereocenters. The molecule has 1 aliphatic carbocycles. The minimum absolute atomic E-state index is 0.0385. The Bertz CT molecular complexity index is 973. The van der Waals surface area contributed by atoms with Crippen molar-refractivity contribution in [2.24, 2.45) is 5.92 Å². The summed E-state index contributed by atoms with van der Waals surface area (Å²) in [6, 6.07) is 13.8. The van der Waals surface area contributed by atoms with Crippen LogP contribution in [0.2, 0.25) is 0 Å². The van der Waals surface area contributed by atoms with E-state index in [0.29, 0.717) is 23.9 Å². The number of allylic oxidation sites excluding steroid dienone is 2. The van der Waals surface area contributed by atoms with E-state index in [-0.39, 0.29) is 5.91 Å². The van der Waals surface area contributed by atoms with Crippen LogP contribution >= 0.6 is 11.3 Å². The van der Waals surface area contributed by atoms with Gasteiger partial charge in [0, 0.05) is 12.7 Å². The number of rotatable bonds is 8. The number of hydrogen-bond donors (Lipinski definition) is 0. The second-order valence-corrected chi connectivity index (χ2v) is 8.34. The first-order valence-corrected chi connectivity index (χ1v) is 11.1. The first kappa shape index (κ1) is 20.3. The van der Waals surface area contributed by atoms with Crippen molar-refractivity contribution in [1.29, 1.82) is 0 Å². The molecule has 6 heteroatoms. The van der Waals surface area contributed by atoms with Crippen molar-refractivity contribution in [3.8, 4) is 5.75 Å². The second kappa shape index (κ2) is 10.2. The molecule has 2 heterocycles. The Balaban J connectivity index is 1.46. The van der Waals surface area contributed by atoms with Crippen LogP contribution in [0.3, 0.4) is 0 Å². The van der Waals surface area contributed by atoms with Gasteiger partial charge in [0.15, 0.2) is 0 Å². The van der Waals surface area contributed by atoms with Crippen molar-refractivity contribution in [2.75, 3.05) is 6.61 Å². The highest BCUT2D eigenvalue weighted by Crippen LogP contribution is 2.22. The molecule has 1 atom stereocenters. The van der Waals surface area contributed by atoms with Gasteiger partial charge in [-0.3, -0.25) is 14.8 Å². The van der Waals surface area contributed by atoms with E-state index >= 15 is 0 Å². The molecule has 2 aromatic heterocycles. The number of carbonyl (C=O) groups is 1. The summed E-state index contributed by atoms with van der Waals surface area (Å²) in [6.07, 6.45) is 11.3. The molecule has 0 fully saturated rings. The first-order valence-electron chi connectivity index (χ1n) is 10.2. The van der Waals surface area contributed by atoms with E-state index in [4.69, 9.17) is 4.74 Å². The summed E-state index contributed by atoms with van der Waals surface area (Å²) < 4.78 is 6.06. The van der Waals surface area contributed by atoms with Crippen LogP contribution in [0.15, 0.2) is 72.5 Å². The van der Waals surface area contributed by atoms with E-state index in [1.54, 1.807) is 22.8 Å². The number of hydrogen-bond acceptors (Lipinski definition) is 5. The molecule has 5 nitrogen and oxygen atoms in total. The quantitative estimate of drug-likeness (QED) is 0.476. The Morgan fingerprint density at radius 2 is 2.13 bits per heavy atom. The molecule has 0 aliphatic heterocycles. The summed E-state index contributed by atoms with van der Waals surface area (Å²) in [4.78, 5) is 23.9. The fourth-order valence-corrected chi connectivity index (χ4v) is 4.13. The summed E-state index contributed by atoms with van der Waals surface area (Å²) >= 11 is 1.35. The number of carbonyl (C=O) groups excluding carboxylic acids is 1. The van der Waals surface area contributed by atoms with Crippen LogP contribution < -0.4 is 4.74 Å². The standard InChI is InChI=1S/C24H25N3O2S/c28-24(23-14-25-18-30-23)27(16-21-10-4-5-12-26-21)15-20-9-6-11-22(13-20)29-17-19-7-2-1-3-8-19/h1-2,4-6,9-14,18-19H,3,7-8,15-17H2/t19-/m1/s1. The minimum atomic E-state index is -0.0385. The molecule has 0 bridgehead atoms. The third-order valence-corrected chi connectivity index (χ3v) is 5.91. The van der Waals surface area contributed by atoms with Crippen LogP contribution in [0, 0.1) is 5.92 Å². The third kappa shape index (κ3) is 5.54. The number of benzene rings is 1. The van der Waals surface area contributed by atoms with Gasteiger partial charge in [-0.1, -0.05) is 30.4 Å². The lowest BCUT2D eigenvalue weighted by atomic mass is 9.95. The van der Waals surface area contributed by atoms with E-state index in [0.717, 1.165) is 36.5 Å². The van der Waals surface area contributed by atoms with E-state index in [1.165, 1.54) is 17.8 Å². The van der Waals surface area contributed by atoms with Crippen LogP contribution in [-0.2, 0) is 13.1 Å². The topological polar surface area (TPSA) is 55.3 Å². The summed E-state index contributed by atoms with van der Waals surface area (Å²) in [7, 11) is 0. The average Bonchev–Trinajstić information content (AvgIpc) is 3.33. The molecule has 0 N–H and O–H groups in total. The fourth-order valence-electron chi connectivity index (χ4n) is 3.54. The summed E-state index contributed by atoms with van der Waals surface area (Å²) in [6.45, 7) is 1.65. The molecule has 30 heavy (non-hydrogen) atoms. The maximum absolute atomic E-state index is 13.1. The largest absolute Gasteiger partial charge is 0.493 e. The van der Waals surface area contributed by atoms with Crippen molar-refractivity contribution >= 4 is 17.2 Å². The zero-order valence-corrected chi connectivity index (χ0v) is 17.6. The lowest BCUT2D eigenvalue weighted by Crippen LogP contribution is -2.30. The van der Waals surface area contributed by atoms with Crippen molar-refractivity contribution < 1.29 is 9.53 Å². The minimum Gasteiger partial charge on any atom is -0.493 e. The molecule has 1 amide bonds. The number of aromatic nitrogens is 2. The molecule has 1 aromatic carbocycles. The van der Waals surface area contributed by atoms with E-state index in [1.807, 2.05) is 42.5 Å². The molecule has 0 spiro atoms. The van der Waals surface area contributed by atoms with Gasteiger partial charge >= 0.3 is 0 Å². The molecule has 0 radical (unpaired) electrons. The Morgan fingerprint density at radius 1 is 1.17 bits per heavy atom. The number of thiazole rings is 1. The molecule has 0 saturated heterocycles. The van der Waals surface area contributed by atoms with Crippen LogP contribution in [0.25, 0.3) is 0 Å². The molecule has 4 rings (SSSR count). The summed E-state index contributed by atoms with van der Waals surface area (Å²) in [5.41, 5.74) is 3.57. The van der Waals surface area contributed by atoms with E-state index in [2.05, 4.69) is 22.1 Å². The molecule has 3 aromatic rings. The van der Waals surface area contributed by atoms with Crippen LogP contribution in [0.4, 0.5) is 0 Å². The van der Waals surface area contributed by atoms with Gasteiger partial charge < -0.3 is 9.64 Å². The maximum Gasteiger partial charge on any atom is 0.266 e. The van der Waals surface area contributed by atoms with Crippen molar-refractivity contribution in [3.63, 3.8) is 0 Å². The molecular weight excluding hydrogens is 394 g/mol. The lowest BCUT2D eigenvalue weighted by molar-refractivity contribution is 0.0732. The lowest BCUT2D eigenvalue weighted by Gasteiger charge is -2.22. The predicted molar refractivity (Wildman–Crippen MR) is 118 cm³/mol. The second-order valence-electron chi connectivity index (χ2n) is 7.46. The van der Waals surface area contributed by atoms with E-state index in [9.17, 15) is 4.79 Å². The Kier molecular flexibility index (Phi) is 6.87. The number of amides is 1. The van der Waals surface area contributed by atoms with Gasteiger partial charge in [-0.2, -0.15) is 0 Å². The maximum atomic E-state index is 13.1. The predicted octanol–water partition coefficient (Wildman–Crippen LogP) is 5.12. The van der Waals surface area contributed by atoms with Crippen LogP contribution in [-0.4, -0.2) is 27.4 Å². The van der Waals surface area contributed by atoms with Gasteiger partial charge in [0.1, 0.15) is 10.6 Å². The third-order valence-electron chi connectivity index (χ3n) is 5.14. The van der Waals surface area contributed by atoms with Crippen molar-refractivity contribution in [3.05, 3.63) is 88.7 Å². The zero-order chi connectivity index (χ0) is 20.6. The van der Waals surface area contributed by atoms with Gasteiger partial charge in [0.25, 0.3) is 5.91 Å². The van der Waals surface area contributed by atoms with Crippen molar-refractivity contribution in [1.82, 2.24) is 14.9 Å². The van der Waals surface area contributed by atoms with Gasteiger partial charge in [-0.25, -0.2) is 0 Å². The van der Waals surface area contributed by atoms with Gasteiger partial charge in [-0.05, 0) is 55.0 Å². The fraction of sp³-hybridized carbons (Fsp3) is 0.292. The Hall–Kier alpha value is -2.99. The Labute approximate surface area is 181 Å². The number of nitrogens with zero attached hydrogens (tertiary/aromatic N) is 3. The first-order chi connectivity index (χ1) is 14.8. The molecular formula is C24H25N3O2S. The summed E-state index contributed by atoms with van der Waals surface area (Å²) in [5, 5.41) is 0. The molecule has 0 saturated carbocycles. The Morgan fingerprint density at radius 3 is 2.90 bits per heavy atom. The highest BCUT2D eigenvalue weighted by atomic mass is 32.1. The van der Waals surface area contributed by atoms with E-state index < -0.39 is 0 Å². The zero-order valence-electron chi connectivity index (χ0n) is 16.8. The normalized spacial score (nSPS) is 15.7. The number of ether oxygens (including phenoxy) is 1. The van der Waals surface area contributed by atoms with Crippen LogP contribution in [0.5, 0.6) is 5.75 Å². The SMILES string of the molecule is O=C(c1cncs1)N(Cc1cccc(OC[C@@H]2CC=CCC2)c1)Cc1ccccn1. The van der Waals surface area contributed by atoms with Crippen molar-refractivity contribution in [2.45, 2.75) is 32.4 Å². The average molecular weight is 420 g/mol. The monoisotopic (exact) mass is 419 g/mol. The van der Waals surface area contributed by atoms with Crippen LogP contribution in [0.1, 0.15) is 40.2 Å². The molecule has 1 aliphatic rings. The smallest absolute Gasteiger partial charge is 0.266 e.